The van der Waals surface area contributed by atoms with Gasteiger partial charge in [-0.1, -0.05) is 37.3 Å². The van der Waals surface area contributed by atoms with Gasteiger partial charge in [-0.3, -0.25) is 4.79 Å². The minimum absolute atomic E-state index is 0.00497. The number of urea groups is 1. The molecule has 0 aliphatic heterocycles. The van der Waals surface area contributed by atoms with Crippen molar-refractivity contribution < 1.29 is 19.8 Å². The smallest absolute Gasteiger partial charge is 0.315 e. The van der Waals surface area contributed by atoms with Gasteiger partial charge in [-0.25, -0.2) is 4.79 Å². The van der Waals surface area contributed by atoms with Gasteiger partial charge in [0.05, 0.1) is 12.6 Å². The number of aliphatic carboxylic acids is 1. The van der Waals surface area contributed by atoms with Crippen LogP contribution >= 0.6 is 0 Å². The highest BCUT2D eigenvalue weighted by molar-refractivity contribution is 5.74. The molecule has 6 nitrogen and oxygen atoms in total. The maximum atomic E-state index is 11.9. The molecule has 122 valence electrons. The van der Waals surface area contributed by atoms with Gasteiger partial charge in [0.25, 0.3) is 0 Å². The molecule has 1 aromatic carbocycles. The van der Waals surface area contributed by atoms with E-state index in [4.69, 9.17) is 10.2 Å². The molecule has 1 aromatic rings. The predicted octanol–water partition coefficient (Wildman–Crippen LogP) is 1.53. The molecular formula is C16H24N2O4. The van der Waals surface area contributed by atoms with E-state index in [2.05, 4.69) is 10.6 Å². The first-order valence-corrected chi connectivity index (χ1v) is 7.48. The van der Waals surface area contributed by atoms with E-state index in [1.54, 1.807) is 0 Å². The fourth-order valence-electron chi connectivity index (χ4n) is 2.11. The number of rotatable bonds is 9. The summed E-state index contributed by atoms with van der Waals surface area (Å²) >= 11 is 0. The molecule has 0 aliphatic carbocycles. The summed E-state index contributed by atoms with van der Waals surface area (Å²) in [6.07, 6.45) is 1.54. The number of aliphatic hydroxyl groups excluding tert-OH is 1. The van der Waals surface area contributed by atoms with Crippen LogP contribution in [-0.2, 0) is 11.2 Å². The predicted molar refractivity (Wildman–Crippen MR) is 83.6 cm³/mol. The monoisotopic (exact) mass is 308 g/mol. The van der Waals surface area contributed by atoms with Crippen LogP contribution in [0, 0.1) is 0 Å². The van der Waals surface area contributed by atoms with Gasteiger partial charge >= 0.3 is 12.0 Å². The Bertz CT molecular complexity index is 460. The molecule has 0 radical (unpaired) electrons. The van der Waals surface area contributed by atoms with Gasteiger partial charge < -0.3 is 20.8 Å². The number of amides is 2. The quantitative estimate of drug-likeness (QED) is 0.556. The van der Waals surface area contributed by atoms with Crippen molar-refractivity contribution in [3.63, 3.8) is 0 Å². The highest BCUT2D eigenvalue weighted by Gasteiger charge is 2.16. The number of carbonyl (C=O) groups excluding carboxylic acids is 1. The number of carboxylic acids is 1. The number of aliphatic hydroxyl groups is 1. The molecule has 1 rings (SSSR count). The summed E-state index contributed by atoms with van der Waals surface area (Å²) in [5, 5.41) is 23.4. The van der Waals surface area contributed by atoms with Crippen molar-refractivity contribution in [1.82, 2.24) is 10.6 Å². The van der Waals surface area contributed by atoms with Gasteiger partial charge in [-0.15, -0.1) is 0 Å². The average Bonchev–Trinajstić information content (AvgIpc) is 2.51. The molecule has 0 heterocycles. The van der Waals surface area contributed by atoms with Gasteiger partial charge in [0, 0.05) is 12.5 Å². The number of hydrogen-bond acceptors (Lipinski definition) is 3. The van der Waals surface area contributed by atoms with Crippen LogP contribution in [0.1, 0.15) is 31.7 Å². The van der Waals surface area contributed by atoms with E-state index in [0.29, 0.717) is 19.3 Å². The molecule has 0 aliphatic rings. The van der Waals surface area contributed by atoms with E-state index in [-0.39, 0.29) is 31.1 Å². The number of hydrogen-bond donors (Lipinski definition) is 4. The summed E-state index contributed by atoms with van der Waals surface area (Å²) in [4.78, 5) is 22.7. The van der Waals surface area contributed by atoms with Crippen molar-refractivity contribution in [3.05, 3.63) is 35.9 Å². The molecule has 0 spiro atoms. The number of benzene rings is 1. The lowest BCUT2D eigenvalue weighted by Crippen LogP contribution is -2.48. The SMILES string of the molecule is CC[C@@H](CO)NC(=O)NC(CCC(=O)O)Cc1ccccc1. The van der Waals surface area contributed by atoms with E-state index >= 15 is 0 Å². The maximum Gasteiger partial charge on any atom is 0.315 e. The standard InChI is InChI=1S/C16H24N2O4/c1-2-13(11-19)17-16(22)18-14(8-9-15(20)21)10-12-6-4-3-5-7-12/h3-7,13-14,19H,2,8-11H2,1H3,(H,20,21)(H2,17,18,22)/t13-,14?/m0/s1. The Labute approximate surface area is 130 Å². The molecule has 0 saturated carbocycles. The molecule has 22 heavy (non-hydrogen) atoms. The van der Waals surface area contributed by atoms with Crippen LogP contribution in [0.25, 0.3) is 0 Å². The molecule has 1 unspecified atom stereocenters. The van der Waals surface area contributed by atoms with Gasteiger partial charge in [0.2, 0.25) is 0 Å². The lowest BCUT2D eigenvalue weighted by atomic mass is 10.0. The topological polar surface area (TPSA) is 98.7 Å². The van der Waals surface area contributed by atoms with Gasteiger partial charge in [-0.05, 0) is 24.8 Å². The summed E-state index contributed by atoms with van der Waals surface area (Å²) in [6.45, 7) is 1.75. The van der Waals surface area contributed by atoms with Crippen molar-refractivity contribution >= 4 is 12.0 Å². The largest absolute Gasteiger partial charge is 0.481 e. The van der Waals surface area contributed by atoms with Crippen LogP contribution in [0.3, 0.4) is 0 Å². The fourth-order valence-corrected chi connectivity index (χ4v) is 2.11. The first-order valence-electron chi connectivity index (χ1n) is 7.48. The van der Waals surface area contributed by atoms with Gasteiger partial charge in [0.1, 0.15) is 0 Å². The number of carboxylic acid groups (broad SMARTS) is 1. The molecule has 2 amide bonds. The first-order chi connectivity index (χ1) is 10.5. The Balaban J connectivity index is 2.60. The summed E-state index contributed by atoms with van der Waals surface area (Å²) in [6, 6.07) is 8.65. The van der Waals surface area contributed by atoms with E-state index < -0.39 is 5.97 Å². The molecule has 0 aromatic heterocycles. The summed E-state index contributed by atoms with van der Waals surface area (Å²) in [5.74, 6) is -0.887. The zero-order valence-electron chi connectivity index (χ0n) is 12.8. The molecule has 2 atom stereocenters. The highest BCUT2D eigenvalue weighted by Crippen LogP contribution is 2.08. The van der Waals surface area contributed by atoms with Crippen molar-refractivity contribution in [2.45, 2.75) is 44.7 Å². The average molecular weight is 308 g/mol. The van der Waals surface area contributed by atoms with Crippen molar-refractivity contribution in [3.8, 4) is 0 Å². The number of carbonyl (C=O) groups is 2. The normalized spacial score (nSPS) is 13.2. The molecule has 0 saturated heterocycles. The van der Waals surface area contributed by atoms with Crippen LogP contribution in [0.15, 0.2) is 30.3 Å². The summed E-state index contributed by atoms with van der Waals surface area (Å²) in [7, 11) is 0. The highest BCUT2D eigenvalue weighted by atomic mass is 16.4. The third kappa shape index (κ3) is 7.08. The van der Waals surface area contributed by atoms with E-state index in [0.717, 1.165) is 5.56 Å². The Hall–Kier alpha value is -2.08. The Morgan fingerprint density at radius 1 is 1.14 bits per heavy atom. The minimum atomic E-state index is -0.887. The van der Waals surface area contributed by atoms with Crippen LogP contribution in [0.2, 0.25) is 0 Å². The molecular weight excluding hydrogens is 284 g/mol. The van der Waals surface area contributed by atoms with Gasteiger partial charge in [0.15, 0.2) is 0 Å². The second-order valence-corrected chi connectivity index (χ2v) is 5.22. The van der Waals surface area contributed by atoms with Gasteiger partial charge in [-0.2, -0.15) is 0 Å². The third-order valence-electron chi connectivity index (χ3n) is 3.42. The molecule has 6 heteroatoms. The Morgan fingerprint density at radius 3 is 2.32 bits per heavy atom. The summed E-state index contributed by atoms with van der Waals surface area (Å²) in [5.41, 5.74) is 1.03. The van der Waals surface area contributed by atoms with Crippen LogP contribution in [0.4, 0.5) is 4.79 Å². The molecule has 4 N–H and O–H groups in total. The van der Waals surface area contributed by atoms with Crippen LogP contribution < -0.4 is 10.6 Å². The summed E-state index contributed by atoms with van der Waals surface area (Å²) < 4.78 is 0. The Morgan fingerprint density at radius 2 is 1.77 bits per heavy atom. The second-order valence-electron chi connectivity index (χ2n) is 5.22. The molecule has 0 bridgehead atoms. The minimum Gasteiger partial charge on any atom is -0.481 e. The van der Waals surface area contributed by atoms with Crippen molar-refractivity contribution in [2.24, 2.45) is 0 Å². The Kier molecular flexibility index (Phi) is 7.99. The lowest BCUT2D eigenvalue weighted by Gasteiger charge is -2.21. The zero-order valence-corrected chi connectivity index (χ0v) is 12.8. The van der Waals surface area contributed by atoms with E-state index in [9.17, 15) is 9.59 Å². The second kappa shape index (κ2) is 9.78. The fraction of sp³-hybridized carbons (Fsp3) is 0.500. The van der Waals surface area contributed by atoms with Crippen LogP contribution in [0.5, 0.6) is 0 Å². The molecule has 0 fully saturated rings. The van der Waals surface area contributed by atoms with Crippen molar-refractivity contribution in [1.29, 1.82) is 0 Å². The number of nitrogens with one attached hydrogen (secondary N) is 2. The first kappa shape index (κ1) is 18.0. The third-order valence-corrected chi connectivity index (χ3v) is 3.42. The van der Waals surface area contributed by atoms with E-state index in [1.807, 2.05) is 37.3 Å². The van der Waals surface area contributed by atoms with Crippen LogP contribution in [-0.4, -0.2) is 40.9 Å². The van der Waals surface area contributed by atoms with Crippen molar-refractivity contribution in [2.75, 3.05) is 6.61 Å². The maximum absolute atomic E-state index is 11.9. The zero-order chi connectivity index (χ0) is 16.4. The lowest BCUT2D eigenvalue weighted by molar-refractivity contribution is -0.137. The van der Waals surface area contributed by atoms with E-state index in [1.165, 1.54) is 0 Å².